The van der Waals surface area contributed by atoms with E-state index in [1.807, 2.05) is 0 Å². The molecule has 1 amide bonds. The largest absolute Gasteiger partial charge is 0.367 e. The summed E-state index contributed by atoms with van der Waals surface area (Å²) in [5.74, 6) is 0.285. The smallest absolute Gasteiger partial charge is 0.230 e. The standard InChI is InChI=1S/C17H24FN5O3S/c1-10-7-17(4,25-9-14-20-12(3)26-22-14)5-6-23(10)8-13-15(18)21-16(27-13)19-11(2)24/h10H,5-9H2,1-4H3,(H,19,21,24)/t10-,17-/m0/s1. The van der Waals surface area contributed by atoms with E-state index in [0.717, 1.165) is 19.4 Å². The summed E-state index contributed by atoms with van der Waals surface area (Å²) >= 11 is 1.18. The number of carbonyl (C=O) groups is 1. The van der Waals surface area contributed by atoms with Crippen LogP contribution in [0.5, 0.6) is 0 Å². The van der Waals surface area contributed by atoms with E-state index in [-0.39, 0.29) is 17.6 Å². The van der Waals surface area contributed by atoms with Crippen LogP contribution in [-0.2, 0) is 22.7 Å². The summed E-state index contributed by atoms with van der Waals surface area (Å²) in [7, 11) is 0. The number of thiazole rings is 1. The van der Waals surface area contributed by atoms with Crippen LogP contribution in [0.25, 0.3) is 0 Å². The van der Waals surface area contributed by atoms with Crippen LogP contribution >= 0.6 is 11.3 Å². The Kier molecular flexibility index (Phi) is 5.87. The topological polar surface area (TPSA) is 93.4 Å². The van der Waals surface area contributed by atoms with Crippen molar-refractivity contribution in [1.82, 2.24) is 20.0 Å². The molecule has 1 aliphatic rings. The summed E-state index contributed by atoms with van der Waals surface area (Å²) in [5, 5.41) is 6.68. The fraction of sp³-hybridized carbons (Fsp3) is 0.647. The Morgan fingerprint density at radius 2 is 2.30 bits per heavy atom. The number of amides is 1. The summed E-state index contributed by atoms with van der Waals surface area (Å²) in [6.45, 7) is 8.85. The molecule has 10 heteroatoms. The Labute approximate surface area is 161 Å². The average Bonchev–Trinajstić information content (AvgIpc) is 3.14. The second-order valence-electron chi connectivity index (χ2n) is 7.16. The van der Waals surface area contributed by atoms with E-state index in [0.29, 0.717) is 34.9 Å². The highest BCUT2D eigenvalue weighted by Crippen LogP contribution is 2.33. The highest BCUT2D eigenvalue weighted by atomic mass is 32.1. The molecule has 2 aromatic rings. The van der Waals surface area contributed by atoms with Gasteiger partial charge in [0.25, 0.3) is 0 Å². The van der Waals surface area contributed by atoms with E-state index in [9.17, 15) is 9.18 Å². The number of ether oxygens (including phenoxy) is 1. The Hall–Kier alpha value is -1.91. The van der Waals surface area contributed by atoms with Crippen molar-refractivity contribution in [3.05, 3.63) is 22.5 Å². The van der Waals surface area contributed by atoms with Crippen LogP contribution in [0.4, 0.5) is 9.52 Å². The van der Waals surface area contributed by atoms with Gasteiger partial charge in [0.15, 0.2) is 11.0 Å². The molecule has 0 aliphatic carbocycles. The van der Waals surface area contributed by atoms with Gasteiger partial charge in [-0.15, -0.1) is 0 Å². The lowest BCUT2D eigenvalue weighted by atomic mass is 9.88. The summed E-state index contributed by atoms with van der Waals surface area (Å²) in [6, 6.07) is 0.210. The van der Waals surface area contributed by atoms with Crippen molar-refractivity contribution < 1.29 is 18.4 Å². The highest BCUT2D eigenvalue weighted by Gasteiger charge is 2.36. The summed E-state index contributed by atoms with van der Waals surface area (Å²) in [4.78, 5) is 21.8. The number of hydrogen-bond donors (Lipinski definition) is 1. The SMILES string of the molecule is CC(=O)Nc1nc(F)c(CN2CC[C@](C)(OCc3noc(C)n3)C[C@@H]2C)s1. The average molecular weight is 397 g/mol. The number of rotatable bonds is 6. The van der Waals surface area contributed by atoms with Crippen LogP contribution in [0, 0.1) is 12.9 Å². The monoisotopic (exact) mass is 397 g/mol. The van der Waals surface area contributed by atoms with Crippen molar-refractivity contribution in [2.45, 2.75) is 65.3 Å². The van der Waals surface area contributed by atoms with Gasteiger partial charge in [-0.25, -0.2) is 0 Å². The Morgan fingerprint density at radius 1 is 1.52 bits per heavy atom. The molecule has 0 unspecified atom stereocenters. The number of piperidine rings is 1. The van der Waals surface area contributed by atoms with Crippen LogP contribution < -0.4 is 5.32 Å². The molecule has 1 N–H and O–H groups in total. The summed E-state index contributed by atoms with van der Waals surface area (Å²) in [5.41, 5.74) is -0.294. The van der Waals surface area contributed by atoms with Crippen molar-refractivity contribution in [2.24, 2.45) is 0 Å². The van der Waals surface area contributed by atoms with Gasteiger partial charge in [0, 0.05) is 33.0 Å². The molecule has 3 heterocycles. The first-order chi connectivity index (χ1) is 12.7. The minimum atomic E-state index is -0.520. The molecular formula is C17H24FN5O3S. The zero-order valence-electron chi connectivity index (χ0n) is 15.9. The molecule has 0 radical (unpaired) electrons. The highest BCUT2D eigenvalue weighted by molar-refractivity contribution is 7.15. The van der Waals surface area contributed by atoms with Gasteiger partial charge < -0.3 is 14.6 Å². The Bertz CT molecular complexity index is 810. The van der Waals surface area contributed by atoms with Crippen LogP contribution in [0.2, 0.25) is 0 Å². The van der Waals surface area contributed by atoms with Gasteiger partial charge in [0.2, 0.25) is 17.7 Å². The molecule has 1 fully saturated rings. The number of nitrogens with one attached hydrogen (secondary N) is 1. The molecular weight excluding hydrogens is 373 g/mol. The minimum absolute atomic E-state index is 0.210. The van der Waals surface area contributed by atoms with Gasteiger partial charge in [-0.2, -0.15) is 14.4 Å². The van der Waals surface area contributed by atoms with Gasteiger partial charge in [0.05, 0.1) is 10.5 Å². The predicted molar refractivity (Wildman–Crippen MR) is 97.7 cm³/mol. The molecule has 3 rings (SSSR count). The van der Waals surface area contributed by atoms with Crippen LogP contribution in [0.15, 0.2) is 4.52 Å². The number of anilines is 1. The van der Waals surface area contributed by atoms with Crippen molar-refractivity contribution in [3.63, 3.8) is 0 Å². The first-order valence-electron chi connectivity index (χ1n) is 8.84. The van der Waals surface area contributed by atoms with Crippen LogP contribution in [0.3, 0.4) is 0 Å². The molecule has 0 saturated carbocycles. The van der Waals surface area contributed by atoms with E-state index in [4.69, 9.17) is 9.26 Å². The molecule has 0 aromatic carbocycles. The van der Waals surface area contributed by atoms with Gasteiger partial charge in [-0.1, -0.05) is 16.5 Å². The lowest BCUT2D eigenvalue weighted by Gasteiger charge is -2.43. The van der Waals surface area contributed by atoms with Crippen molar-refractivity contribution >= 4 is 22.4 Å². The Morgan fingerprint density at radius 3 is 2.93 bits per heavy atom. The maximum atomic E-state index is 14.1. The van der Waals surface area contributed by atoms with E-state index in [2.05, 4.69) is 39.2 Å². The number of halogens is 1. The quantitative estimate of drug-likeness (QED) is 0.801. The number of nitrogens with zero attached hydrogens (tertiary/aromatic N) is 4. The predicted octanol–water partition coefficient (Wildman–Crippen LogP) is 2.89. The van der Waals surface area contributed by atoms with Gasteiger partial charge in [-0.05, 0) is 26.7 Å². The minimum Gasteiger partial charge on any atom is -0.367 e. The van der Waals surface area contributed by atoms with Crippen molar-refractivity contribution in [3.8, 4) is 0 Å². The zero-order chi connectivity index (χ0) is 19.6. The molecule has 148 valence electrons. The normalized spacial score (nSPS) is 23.5. The van der Waals surface area contributed by atoms with E-state index in [1.54, 1.807) is 6.92 Å². The fourth-order valence-corrected chi connectivity index (χ4v) is 4.19. The zero-order valence-corrected chi connectivity index (χ0v) is 16.7. The van der Waals surface area contributed by atoms with Crippen molar-refractivity contribution in [1.29, 1.82) is 0 Å². The summed E-state index contributed by atoms with van der Waals surface area (Å²) < 4.78 is 25.1. The Balaban J connectivity index is 1.56. The third-order valence-electron chi connectivity index (χ3n) is 4.68. The maximum Gasteiger partial charge on any atom is 0.230 e. The van der Waals surface area contributed by atoms with E-state index >= 15 is 0 Å². The first kappa shape index (κ1) is 19.8. The van der Waals surface area contributed by atoms with Gasteiger partial charge in [0.1, 0.15) is 6.61 Å². The molecule has 0 bridgehead atoms. The van der Waals surface area contributed by atoms with Gasteiger partial charge >= 0.3 is 0 Å². The molecule has 8 nitrogen and oxygen atoms in total. The maximum absolute atomic E-state index is 14.1. The lowest BCUT2D eigenvalue weighted by molar-refractivity contribution is -0.114. The lowest BCUT2D eigenvalue weighted by Crippen LogP contribution is -2.48. The van der Waals surface area contributed by atoms with Crippen molar-refractivity contribution in [2.75, 3.05) is 11.9 Å². The number of carbonyl (C=O) groups excluding carboxylic acids is 1. The molecule has 27 heavy (non-hydrogen) atoms. The third kappa shape index (κ3) is 5.08. The molecule has 1 saturated heterocycles. The molecule has 2 atom stereocenters. The molecule has 2 aromatic heterocycles. The second-order valence-corrected chi connectivity index (χ2v) is 8.24. The summed E-state index contributed by atoms with van der Waals surface area (Å²) in [6.07, 6.45) is 1.62. The first-order valence-corrected chi connectivity index (χ1v) is 9.66. The fourth-order valence-electron chi connectivity index (χ4n) is 3.28. The van der Waals surface area contributed by atoms with Crippen LogP contribution in [0.1, 0.15) is 50.2 Å². The number of aromatic nitrogens is 3. The van der Waals surface area contributed by atoms with E-state index in [1.165, 1.54) is 18.3 Å². The third-order valence-corrected chi connectivity index (χ3v) is 5.61. The van der Waals surface area contributed by atoms with Crippen LogP contribution in [-0.4, -0.2) is 44.1 Å². The number of aryl methyl sites for hydroxylation is 1. The molecule has 1 aliphatic heterocycles. The second kappa shape index (κ2) is 7.99. The molecule has 0 spiro atoms. The van der Waals surface area contributed by atoms with Gasteiger partial charge in [-0.3, -0.25) is 9.69 Å². The number of likely N-dealkylation sites (tertiary alicyclic amines) is 1. The van der Waals surface area contributed by atoms with E-state index < -0.39 is 5.95 Å². The number of hydrogen-bond acceptors (Lipinski definition) is 8.